The molecule has 0 radical (unpaired) electrons. The van der Waals surface area contributed by atoms with E-state index in [0.717, 1.165) is 42.6 Å². The number of rotatable bonds is 2. The van der Waals surface area contributed by atoms with Gasteiger partial charge in [-0.25, -0.2) is 4.98 Å². The van der Waals surface area contributed by atoms with E-state index < -0.39 is 0 Å². The van der Waals surface area contributed by atoms with Crippen LogP contribution in [0.2, 0.25) is 0 Å². The second-order valence-corrected chi connectivity index (χ2v) is 5.10. The Morgan fingerprint density at radius 1 is 1.39 bits per heavy atom. The van der Waals surface area contributed by atoms with Crippen LogP contribution in [0, 0.1) is 11.3 Å². The molecule has 1 saturated heterocycles. The minimum atomic E-state index is 0.683. The number of nitriles is 1. The van der Waals surface area contributed by atoms with E-state index >= 15 is 0 Å². The summed E-state index contributed by atoms with van der Waals surface area (Å²) in [5.74, 6) is 0. The van der Waals surface area contributed by atoms with Crippen molar-refractivity contribution in [3.63, 3.8) is 0 Å². The van der Waals surface area contributed by atoms with E-state index in [1.807, 2.05) is 18.5 Å². The molecule has 3 heterocycles. The van der Waals surface area contributed by atoms with E-state index in [4.69, 9.17) is 0 Å². The maximum atomic E-state index is 9.21. The highest BCUT2D eigenvalue weighted by Gasteiger charge is 2.18. The van der Waals surface area contributed by atoms with Crippen LogP contribution < -0.4 is 10.2 Å². The van der Waals surface area contributed by atoms with Crippen molar-refractivity contribution in [3.8, 4) is 17.3 Å². The van der Waals surface area contributed by atoms with Gasteiger partial charge >= 0.3 is 0 Å². The minimum absolute atomic E-state index is 0.683. The van der Waals surface area contributed by atoms with E-state index in [-0.39, 0.29) is 0 Å². The number of H-pyrrole nitrogens is 1. The van der Waals surface area contributed by atoms with Crippen LogP contribution in [0.25, 0.3) is 11.3 Å². The second-order valence-electron chi connectivity index (χ2n) is 4.12. The molecule has 92 valence electrons. The van der Waals surface area contributed by atoms with Gasteiger partial charge in [-0.3, -0.25) is 0 Å². The number of nitrogens with zero attached hydrogens (tertiary/aromatic N) is 3. The van der Waals surface area contributed by atoms with Crippen LogP contribution in [0.1, 0.15) is 4.88 Å². The maximum Gasteiger partial charge on any atom is 0.187 e. The van der Waals surface area contributed by atoms with Crippen LogP contribution in [0.4, 0.5) is 5.13 Å². The molecule has 0 saturated carbocycles. The summed E-state index contributed by atoms with van der Waals surface area (Å²) in [4.78, 5) is 10.5. The number of nitrogens with one attached hydrogen (secondary N) is 2. The van der Waals surface area contributed by atoms with Crippen LogP contribution >= 0.6 is 11.3 Å². The maximum absolute atomic E-state index is 9.21. The minimum Gasteiger partial charge on any atom is -0.367 e. The number of thiazole rings is 1. The molecule has 3 rings (SSSR count). The topological polar surface area (TPSA) is 67.7 Å². The molecule has 0 aromatic carbocycles. The highest BCUT2D eigenvalue weighted by molar-refractivity contribution is 7.16. The van der Waals surface area contributed by atoms with Gasteiger partial charge in [0.2, 0.25) is 0 Å². The van der Waals surface area contributed by atoms with E-state index in [2.05, 4.69) is 26.3 Å². The molecule has 1 fully saturated rings. The summed E-state index contributed by atoms with van der Waals surface area (Å²) in [5, 5.41) is 13.5. The van der Waals surface area contributed by atoms with Crippen LogP contribution in [0.3, 0.4) is 0 Å². The summed E-state index contributed by atoms with van der Waals surface area (Å²) in [6.07, 6.45) is 3.72. The Morgan fingerprint density at radius 2 is 2.22 bits per heavy atom. The van der Waals surface area contributed by atoms with Gasteiger partial charge in [0.15, 0.2) is 5.13 Å². The van der Waals surface area contributed by atoms with Gasteiger partial charge in [0.1, 0.15) is 16.6 Å². The molecule has 0 aliphatic carbocycles. The number of hydrogen-bond donors (Lipinski definition) is 2. The van der Waals surface area contributed by atoms with E-state index in [1.165, 1.54) is 11.3 Å². The molecular weight excluding hydrogens is 246 g/mol. The summed E-state index contributed by atoms with van der Waals surface area (Å²) >= 11 is 1.48. The third-order valence-electron chi connectivity index (χ3n) is 2.98. The number of anilines is 1. The molecule has 0 amide bonds. The van der Waals surface area contributed by atoms with Gasteiger partial charge < -0.3 is 15.2 Å². The van der Waals surface area contributed by atoms with Crippen molar-refractivity contribution in [1.29, 1.82) is 5.26 Å². The smallest absolute Gasteiger partial charge is 0.187 e. The average molecular weight is 259 g/mol. The van der Waals surface area contributed by atoms with Crippen molar-refractivity contribution in [2.75, 3.05) is 31.1 Å². The van der Waals surface area contributed by atoms with Gasteiger partial charge in [-0.1, -0.05) is 11.3 Å². The molecule has 0 atom stereocenters. The lowest BCUT2D eigenvalue weighted by Crippen LogP contribution is -2.43. The first kappa shape index (κ1) is 11.3. The van der Waals surface area contributed by atoms with E-state index in [1.54, 1.807) is 0 Å². The van der Waals surface area contributed by atoms with Crippen molar-refractivity contribution < 1.29 is 0 Å². The van der Waals surface area contributed by atoms with Crippen LogP contribution in [0.5, 0.6) is 0 Å². The highest BCUT2D eigenvalue weighted by atomic mass is 32.1. The standard InChI is InChI=1S/C12H13N5S/c13-7-10-11(9-1-2-15-8-9)16-12(18-10)17-5-3-14-4-6-17/h1-2,8,14-15H,3-6H2. The Balaban J connectivity index is 1.96. The van der Waals surface area contributed by atoms with E-state index in [9.17, 15) is 5.26 Å². The number of hydrogen-bond acceptors (Lipinski definition) is 5. The predicted molar refractivity (Wildman–Crippen MR) is 71.7 cm³/mol. The monoisotopic (exact) mass is 259 g/mol. The molecule has 2 N–H and O–H groups in total. The molecule has 1 aliphatic heterocycles. The first-order valence-corrected chi connectivity index (χ1v) is 6.70. The third-order valence-corrected chi connectivity index (χ3v) is 4.00. The number of aromatic amines is 1. The van der Waals surface area contributed by atoms with Gasteiger partial charge in [0, 0.05) is 44.1 Å². The van der Waals surface area contributed by atoms with Gasteiger partial charge in [0.25, 0.3) is 0 Å². The Labute approximate surface area is 109 Å². The Hall–Kier alpha value is -1.84. The summed E-state index contributed by atoms with van der Waals surface area (Å²) in [5.41, 5.74) is 1.77. The van der Waals surface area contributed by atoms with Crippen molar-refractivity contribution in [2.45, 2.75) is 0 Å². The van der Waals surface area contributed by atoms with Crippen LogP contribution in [-0.4, -0.2) is 36.1 Å². The van der Waals surface area contributed by atoms with Gasteiger partial charge in [-0.15, -0.1) is 0 Å². The largest absolute Gasteiger partial charge is 0.367 e. The molecule has 2 aromatic rings. The van der Waals surface area contributed by atoms with Crippen molar-refractivity contribution in [2.24, 2.45) is 0 Å². The van der Waals surface area contributed by atoms with Crippen molar-refractivity contribution in [3.05, 3.63) is 23.3 Å². The van der Waals surface area contributed by atoms with Crippen LogP contribution in [0.15, 0.2) is 18.5 Å². The quantitative estimate of drug-likeness (QED) is 0.856. The Bertz CT molecular complexity index is 560. The van der Waals surface area contributed by atoms with Crippen molar-refractivity contribution >= 4 is 16.5 Å². The molecule has 0 bridgehead atoms. The van der Waals surface area contributed by atoms with Gasteiger partial charge in [-0.05, 0) is 6.07 Å². The van der Waals surface area contributed by atoms with Gasteiger partial charge in [-0.2, -0.15) is 5.26 Å². The molecule has 2 aromatic heterocycles. The second kappa shape index (κ2) is 4.80. The fourth-order valence-corrected chi connectivity index (χ4v) is 2.98. The average Bonchev–Trinajstić information content (AvgIpc) is 3.08. The lowest BCUT2D eigenvalue weighted by Gasteiger charge is -2.26. The first-order valence-electron chi connectivity index (χ1n) is 5.88. The lowest BCUT2D eigenvalue weighted by atomic mass is 10.2. The zero-order valence-electron chi connectivity index (χ0n) is 9.81. The molecular formula is C12H13N5S. The summed E-state index contributed by atoms with van der Waals surface area (Å²) < 4.78 is 0. The fourth-order valence-electron chi connectivity index (χ4n) is 2.04. The summed E-state index contributed by atoms with van der Waals surface area (Å²) in [7, 11) is 0. The first-order chi connectivity index (χ1) is 8.88. The predicted octanol–water partition coefficient (Wildman–Crippen LogP) is 1.42. The molecule has 1 aliphatic rings. The Morgan fingerprint density at radius 3 is 2.89 bits per heavy atom. The van der Waals surface area contributed by atoms with Crippen LogP contribution in [-0.2, 0) is 0 Å². The zero-order chi connectivity index (χ0) is 12.4. The Kier molecular flexibility index (Phi) is 3.00. The third kappa shape index (κ3) is 1.98. The SMILES string of the molecule is N#Cc1sc(N2CCNCC2)nc1-c1cc[nH]c1. The number of piperazine rings is 1. The highest BCUT2D eigenvalue weighted by Crippen LogP contribution is 2.32. The molecule has 0 unspecified atom stereocenters. The summed E-state index contributed by atoms with van der Waals surface area (Å²) in [6, 6.07) is 4.19. The summed E-state index contributed by atoms with van der Waals surface area (Å²) in [6.45, 7) is 3.85. The fraction of sp³-hybridized carbons (Fsp3) is 0.333. The van der Waals surface area contributed by atoms with Gasteiger partial charge in [0.05, 0.1) is 0 Å². The zero-order valence-corrected chi connectivity index (χ0v) is 10.6. The normalized spacial score (nSPS) is 15.6. The number of aromatic nitrogens is 2. The van der Waals surface area contributed by atoms with E-state index in [0.29, 0.717) is 4.88 Å². The molecule has 0 spiro atoms. The lowest BCUT2D eigenvalue weighted by molar-refractivity contribution is 0.588. The van der Waals surface area contributed by atoms with Crippen molar-refractivity contribution in [1.82, 2.24) is 15.3 Å². The molecule has 6 heteroatoms. The molecule has 18 heavy (non-hydrogen) atoms. The molecule has 5 nitrogen and oxygen atoms in total.